The third-order valence-corrected chi connectivity index (χ3v) is 3.50. The first-order chi connectivity index (χ1) is 11.8. The molecular formula is C16H11F4N3O2. The summed E-state index contributed by atoms with van der Waals surface area (Å²) < 4.78 is 56.7. The van der Waals surface area contributed by atoms with Crippen molar-refractivity contribution < 1.29 is 26.8 Å². The molecule has 1 aromatic carbocycles. The number of halogens is 4. The van der Waals surface area contributed by atoms with E-state index >= 15 is 0 Å². The maximum Gasteiger partial charge on any atom is 0.433 e. The van der Waals surface area contributed by atoms with Crippen molar-refractivity contribution in [2.24, 2.45) is 0 Å². The van der Waals surface area contributed by atoms with Crippen LogP contribution in [0.1, 0.15) is 34.8 Å². The fourth-order valence-electron chi connectivity index (χ4n) is 2.28. The van der Waals surface area contributed by atoms with Gasteiger partial charge in [0.05, 0.1) is 11.6 Å². The van der Waals surface area contributed by atoms with Crippen LogP contribution >= 0.6 is 0 Å². The molecule has 0 fully saturated rings. The van der Waals surface area contributed by atoms with Crippen molar-refractivity contribution in [2.75, 3.05) is 0 Å². The SMILES string of the molecule is CC(NC(=O)c1coc2c(F)cccc12)c1nccc(C(F)(F)F)n1. The van der Waals surface area contributed by atoms with Crippen LogP contribution < -0.4 is 5.32 Å². The van der Waals surface area contributed by atoms with Gasteiger partial charge in [-0.05, 0) is 19.1 Å². The Balaban J connectivity index is 1.84. The lowest BCUT2D eigenvalue weighted by Crippen LogP contribution is -2.28. The predicted molar refractivity (Wildman–Crippen MR) is 79.1 cm³/mol. The fourth-order valence-corrected chi connectivity index (χ4v) is 2.28. The molecule has 1 N–H and O–H groups in total. The number of nitrogens with zero attached hydrogens (tertiary/aromatic N) is 2. The van der Waals surface area contributed by atoms with Crippen LogP contribution in [0.15, 0.2) is 41.1 Å². The molecule has 25 heavy (non-hydrogen) atoms. The first-order valence-corrected chi connectivity index (χ1v) is 7.14. The molecular weight excluding hydrogens is 342 g/mol. The molecule has 0 radical (unpaired) electrons. The smallest absolute Gasteiger partial charge is 0.433 e. The van der Waals surface area contributed by atoms with Gasteiger partial charge in [-0.15, -0.1) is 0 Å². The van der Waals surface area contributed by atoms with Crippen molar-refractivity contribution in [2.45, 2.75) is 19.1 Å². The van der Waals surface area contributed by atoms with Crippen LogP contribution in [-0.4, -0.2) is 15.9 Å². The number of carbonyl (C=O) groups excluding carboxylic acids is 1. The molecule has 3 aromatic rings. The van der Waals surface area contributed by atoms with Crippen LogP contribution in [0.2, 0.25) is 0 Å². The Labute approximate surface area is 138 Å². The number of fused-ring (bicyclic) bond motifs is 1. The van der Waals surface area contributed by atoms with Gasteiger partial charge in [-0.2, -0.15) is 13.2 Å². The Bertz CT molecular complexity index is 937. The highest BCUT2D eigenvalue weighted by Gasteiger charge is 2.33. The highest BCUT2D eigenvalue weighted by Crippen LogP contribution is 2.28. The van der Waals surface area contributed by atoms with Crippen LogP contribution in [0.4, 0.5) is 17.6 Å². The molecule has 2 aromatic heterocycles. The van der Waals surface area contributed by atoms with E-state index in [9.17, 15) is 22.4 Å². The van der Waals surface area contributed by atoms with E-state index in [2.05, 4.69) is 15.3 Å². The average molecular weight is 353 g/mol. The average Bonchev–Trinajstić information content (AvgIpc) is 2.99. The molecule has 0 aliphatic carbocycles. The first-order valence-electron chi connectivity index (χ1n) is 7.14. The quantitative estimate of drug-likeness (QED) is 0.726. The van der Waals surface area contributed by atoms with Gasteiger partial charge in [0.25, 0.3) is 5.91 Å². The maximum atomic E-state index is 13.6. The minimum Gasteiger partial charge on any atom is -0.460 e. The summed E-state index contributed by atoms with van der Waals surface area (Å²) in [6, 6.07) is 3.95. The number of para-hydroxylation sites is 1. The number of nitrogens with one attached hydrogen (secondary N) is 1. The number of aromatic nitrogens is 2. The summed E-state index contributed by atoms with van der Waals surface area (Å²) in [5.74, 6) is -1.45. The Morgan fingerprint density at radius 1 is 1.28 bits per heavy atom. The van der Waals surface area contributed by atoms with Gasteiger partial charge < -0.3 is 9.73 Å². The largest absolute Gasteiger partial charge is 0.460 e. The van der Waals surface area contributed by atoms with E-state index in [1.165, 1.54) is 25.1 Å². The minimum absolute atomic E-state index is 0.0633. The summed E-state index contributed by atoms with van der Waals surface area (Å²) in [5, 5.41) is 2.73. The summed E-state index contributed by atoms with van der Waals surface area (Å²) in [4.78, 5) is 19.5. The van der Waals surface area contributed by atoms with Gasteiger partial charge >= 0.3 is 6.18 Å². The molecule has 1 amide bonds. The van der Waals surface area contributed by atoms with Crippen LogP contribution in [0.5, 0.6) is 0 Å². The van der Waals surface area contributed by atoms with Gasteiger partial charge in [0.15, 0.2) is 17.2 Å². The van der Waals surface area contributed by atoms with E-state index in [-0.39, 0.29) is 22.4 Å². The molecule has 0 saturated heterocycles. The third-order valence-electron chi connectivity index (χ3n) is 3.50. The number of rotatable bonds is 3. The lowest BCUT2D eigenvalue weighted by Gasteiger charge is -2.13. The minimum atomic E-state index is -4.61. The maximum absolute atomic E-state index is 13.6. The van der Waals surface area contributed by atoms with E-state index in [0.717, 1.165) is 18.5 Å². The van der Waals surface area contributed by atoms with Crippen LogP contribution in [0.25, 0.3) is 11.0 Å². The third kappa shape index (κ3) is 3.30. The molecule has 1 unspecified atom stereocenters. The molecule has 0 bridgehead atoms. The second-order valence-corrected chi connectivity index (χ2v) is 5.26. The molecule has 0 spiro atoms. The molecule has 1 atom stereocenters. The Morgan fingerprint density at radius 2 is 2.04 bits per heavy atom. The topological polar surface area (TPSA) is 68.0 Å². The monoisotopic (exact) mass is 353 g/mol. The molecule has 0 aliphatic rings. The van der Waals surface area contributed by atoms with Gasteiger partial charge in [0.1, 0.15) is 12.0 Å². The zero-order valence-electron chi connectivity index (χ0n) is 12.8. The Morgan fingerprint density at radius 3 is 2.76 bits per heavy atom. The van der Waals surface area contributed by atoms with Gasteiger partial charge in [-0.1, -0.05) is 12.1 Å². The van der Waals surface area contributed by atoms with Gasteiger partial charge in [0.2, 0.25) is 0 Å². The van der Waals surface area contributed by atoms with Crippen LogP contribution in [0.3, 0.4) is 0 Å². The highest BCUT2D eigenvalue weighted by atomic mass is 19.4. The van der Waals surface area contributed by atoms with Gasteiger partial charge in [0, 0.05) is 11.6 Å². The summed E-state index contributed by atoms with van der Waals surface area (Å²) in [7, 11) is 0. The van der Waals surface area contributed by atoms with Gasteiger partial charge in [-0.25, -0.2) is 14.4 Å². The Kier molecular flexibility index (Phi) is 4.15. The lowest BCUT2D eigenvalue weighted by atomic mass is 10.1. The van der Waals surface area contributed by atoms with E-state index in [1.54, 1.807) is 0 Å². The number of amides is 1. The number of hydrogen-bond acceptors (Lipinski definition) is 4. The fraction of sp³-hybridized carbons (Fsp3) is 0.188. The number of furan rings is 1. The summed E-state index contributed by atoms with van der Waals surface area (Å²) in [5.41, 5.74) is -1.11. The van der Waals surface area contributed by atoms with Crippen molar-refractivity contribution in [3.63, 3.8) is 0 Å². The summed E-state index contributed by atoms with van der Waals surface area (Å²) >= 11 is 0. The van der Waals surface area contributed by atoms with Crippen molar-refractivity contribution in [3.8, 4) is 0 Å². The van der Waals surface area contributed by atoms with E-state index in [0.29, 0.717) is 0 Å². The molecule has 5 nitrogen and oxygen atoms in total. The number of carbonyl (C=O) groups is 1. The van der Waals surface area contributed by atoms with Crippen molar-refractivity contribution in [1.82, 2.24) is 15.3 Å². The molecule has 2 heterocycles. The van der Waals surface area contributed by atoms with Crippen molar-refractivity contribution >= 4 is 16.9 Å². The van der Waals surface area contributed by atoms with Crippen LogP contribution in [-0.2, 0) is 6.18 Å². The molecule has 0 saturated carbocycles. The second-order valence-electron chi connectivity index (χ2n) is 5.26. The predicted octanol–water partition coefficient (Wildman–Crippen LogP) is 3.87. The summed E-state index contributed by atoms with van der Waals surface area (Å²) in [6.07, 6.45) is -2.56. The first kappa shape index (κ1) is 16.9. The highest BCUT2D eigenvalue weighted by molar-refractivity contribution is 6.06. The van der Waals surface area contributed by atoms with E-state index in [4.69, 9.17) is 4.42 Å². The molecule has 0 aliphatic heterocycles. The van der Waals surface area contributed by atoms with Crippen LogP contribution in [0, 0.1) is 5.82 Å². The van der Waals surface area contributed by atoms with E-state index in [1.807, 2.05) is 0 Å². The van der Waals surface area contributed by atoms with E-state index < -0.39 is 29.6 Å². The van der Waals surface area contributed by atoms with Gasteiger partial charge in [-0.3, -0.25) is 4.79 Å². The number of hydrogen-bond donors (Lipinski definition) is 1. The molecule has 9 heteroatoms. The lowest BCUT2D eigenvalue weighted by molar-refractivity contribution is -0.141. The Hall–Kier alpha value is -2.97. The zero-order chi connectivity index (χ0) is 18.2. The number of benzene rings is 1. The molecule has 3 rings (SSSR count). The zero-order valence-corrected chi connectivity index (χ0v) is 12.8. The van der Waals surface area contributed by atoms with Crippen molar-refractivity contribution in [3.05, 3.63) is 59.6 Å². The summed E-state index contributed by atoms with van der Waals surface area (Å²) in [6.45, 7) is 1.44. The number of alkyl halides is 3. The molecule has 130 valence electrons. The normalized spacial score (nSPS) is 13.0. The second kappa shape index (κ2) is 6.15. The van der Waals surface area contributed by atoms with Crippen molar-refractivity contribution in [1.29, 1.82) is 0 Å². The standard InChI is InChI=1S/C16H11F4N3O2/c1-8(14-21-6-5-12(23-14)16(18,19)20)22-15(24)10-7-25-13-9(10)3-2-4-11(13)17/h2-8H,1H3,(H,22,24).